The van der Waals surface area contributed by atoms with Gasteiger partial charge in [0.05, 0.1) is 11.9 Å². The van der Waals surface area contributed by atoms with E-state index in [1.807, 2.05) is 25.1 Å². The number of alkyl halides is 1. The van der Waals surface area contributed by atoms with Gasteiger partial charge >= 0.3 is 0 Å². The number of benzene rings is 2. The summed E-state index contributed by atoms with van der Waals surface area (Å²) in [4.78, 5) is -0.305. The summed E-state index contributed by atoms with van der Waals surface area (Å²) < 4.78 is 19.2. The molecule has 0 aliphatic carbocycles. The SMILES string of the molecule is COc1ccc(C)cc1C(Br)c1cc(Cl)ccc1F. The fourth-order valence-corrected chi connectivity index (χ4v) is 2.82. The minimum atomic E-state index is -0.305. The lowest BCUT2D eigenvalue weighted by molar-refractivity contribution is 0.410. The Labute approximate surface area is 125 Å². The zero-order valence-electron chi connectivity index (χ0n) is 10.6. The predicted molar refractivity (Wildman–Crippen MR) is 79.9 cm³/mol. The highest BCUT2D eigenvalue weighted by molar-refractivity contribution is 9.09. The van der Waals surface area contributed by atoms with Crippen molar-refractivity contribution in [3.8, 4) is 5.75 Å². The van der Waals surface area contributed by atoms with Gasteiger partial charge in [0.15, 0.2) is 0 Å². The van der Waals surface area contributed by atoms with Gasteiger partial charge in [-0.15, -0.1) is 0 Å². The fourth-order valence-electron chi connectivity index (χ4n) is 1.93. The van der Waals surface area contributed by atoms with E-state index in [-0.39, 0.29) is 10.6 Å². The summed E-state index contributed by atoms with van der Waals surface area (Å²) in [5.74, 6) is 0.418. The highest BCUT2D eigenvalue weighted by Gasteiger charge is 2.19. The Morgan fingerprint density at radius 3 is 2.58 bits per heavy atom. The molecule has 1 atom stereocenters. The number of aryl methyl sites for hydroxylation is 1. The summed E-state index contributed by atoms with van der Waals surface area (Å²) >= 11 is 9.46. The Bertz CT molecular complexity index is 601. The maximum atomic E-state index is 13.9. The van der Waals surface area contributed by atoms with Crippen LogP contribution >= 0.6 is 27.5 Å². The van der Waals surface area contributed by atoms with Crippen LogP contribution in [-0.2, 0) is 0 Å². The lowest BCUT2D eigenvalue weighted by Gasteiger charge is -2.16. The third-order valence-electron chi connectivity index (χ3n) is 2.89. The Morgan fingerprint density at radius 2 is 1.89 bits per heavy atom. The zero-order chi connectivity index (χ0) is 14.0. The molecule has 0 bridgehead atoms. The van der Waals surface area contributed by atoms with E-state index >= 15 is 0 Å². The van der Waals surface area contributed by atoms with Gasteiger partial charge in [-0.1, -0.05) is 45.2 Å². The molecule has 1 unspecified atom stereocenters. The van der Waals surface area contributed by atoms with E-state index in [9.17, 15) is 4.39 Å². The van der Waals surface area contributed by atoms with Crippen molar-refractivity contribution in [3.63, 3.8) is 0 Å². The largest absolute Gasteiger partial charge is 0.496 e. The van der Waals surface area contributed by atoms with Crippen LogP contribution in [0.1, 0.15) is 21.5 Å². The molecular weight excluding hydrogens is 331 g/mol. The first-order valence-electron chi connectivity index (χ1n) is 5.76. The zero-order valence-corrected chi connectivity index (χ0v) is 12.9. The molecule has 2 rings (SSSR count). The number of hydrogen-bond donors (Lipinski definition) is 0. The van der Waals surface area contributed by atoms with Gasteiger partial charge in [0, 0.05) is 16.1 Å². The molecule has 19 heavy (non-hydrogen) atoms. The molecule has 0 aliphatic rings. The van der Waals surface area contributed by atoms with Crippen LogP contribution in [0.25, 0.3) is 0 Å². The van der Waals surface area contributed by atoms with Gasteiger partial charge in [-0.3, -0.25) is 0 Å². The van der Waals surface area contributed by atoms with Gasteiger partial charge in [-0.2, -0.15) is 0 Å². The third kappa shape index (κ3) is 3.10. The Kier molecular flexibility index (Phi) is 4.48. The van der Waals surface area contributed by atoms with Gasteiger partial charge in [-0.05, 0) is 31.2 Å². The van der Waals surface area contributed by atoms with E-state index in [4.69, 9.17) is 16.3 Å². The highest BCUT2D eigenvalue weighted by atomic mass is 79.9. The van der Waals surface area contributed by atoms with E-state index < -0.39 is 0 Å². The van der Waals surface area contributed by atoms with Crippen molar-refractivity contribution in [1.82, 2.24) is 0 Å². The van der Waals surface area contributed by atoms with Crippen LogP contribution in [0.3, 0.4) is 0 Å². The smallest absolute Gasteiger partial charge is 0.127 e. The van der Waals surface area contributed by atoms with Crippen molar-refractivity contribution in [3.05, 3.63) is 63.9 Å². The van der Waals surface area contributed by atoms with Crippen molar-refractivity contribution < 1.29 is 9.13 Å². The van der Waals surface area contributed by atoms with E-state index in [0.717, 1.165) is 11.1 Å². The number of hydrogen-bond acceptors (Lipinski definition) is 1. The molecule has 0 aromatic heterocycles. The minimum Gasteiger partial charge on any atom is -0.496 e. The van der Waals surface area contributed by atoms with E-state index in [1.165, 1.54) is 12.1 Å². The second-order valence-electron chi connectivity index (χ2n) is 4.27. The van der Waals surface area contributed by atoms with Crippen LogP contribution < -0.4 is 4.74 Å². The maximum absolute atomic E-state index is 13.9. The second kappa shape index (κ2) is 5.93. The molecule has 0 N–H and O–H groups in total. The fraction of sp³-hybridized carbons (Fsp3) is 0.200. The molecule has 0 aliphatic heterocycles. The molecule has 100 valence electrons. The summed E-state index contributed by atoms with van der Waals surface area (Å²) in [7, 11) is 1.60. The molecule has 0 saturated carbocycles. The molecule has 0 fully saturated rings. The Hall–Kier alpha value is -1.06. The van der Waals surface area contributed by atoms with Crippen LogP contribution in [0.2, 0.25) is 5.02 Å². The molecule has 0 heterocycles. The van der Waals surface area contributed by atoms with Crippen molar-refractivity contribution in [2.75, 3.05) is 7.11 Å². The van der Waals surface area contributed by atoms with Crippen molar-refractivity contribution >= 4 is 27.5 Å². The summed E-state index contributed by atoms with van der Waals surface area (Å²) in [6, 6.07) is 10.3. The van der Waals surface area contributed by atoms with Crippen LogP contribution in [0.5, 0.6) is 5.75 Å². The standard InChI is InChI=1S/C15H13BrClFO/c1-9-3-6-14(19-2)12(7-9)15(16)11-8-10(17)4-5-13(11)18/h3-8,15H,1-2H3. The molecule has 1 nitrogen and oxygen atoms in total. The van der Waals surface area contributed by atoms with Crippen LogP contribution in [-0.4, -0.2) is 7.11 Å². The van der Waals surface area contributed by atoms with Gasteiger partial charge in [0.2, 0.25) is 0 Å². The molecule has 0 radical (unpaired) electrons. The number of methoxy groups -OCH3 is 1. The van der Waals surface area contributed by atoms with E-state index in [1.54, 1.807) is 13.2 Å². The molecule has 2 aromatic rings. The Balaban J connectivity index is 2.51. The molecular formula is C15H13BrClFO. The minimum absolute atomic E-state index is 0.296. The Morgan fingerprint density at radius 1 is 1.16 bits per heavy atom. The second-order valence-corrected chi connectivity index (χ2v) is 5.63. The van der Waals surface area contributed by atoms with E-state index in [0.29, 0.717) is 16.3 Å². The highest BCUT2D eigenvalue weighted by Crippen LogP contribution is 2.38. The molecule has 0 saturated heterocycles. The van der Waals surface area contributed by atoms with Crippen molar-refractivity contribution in [2.24, 2.45) is 0 Å². The third-order valence-corrected chi connectivity index (χ3v) is 4.11. The summed E-state index contributed by atoms with van der Waals surface area (Å²) in [6.07, 6.45) is 0. The number of halogens is 3. The monoisotopic (exact) mass is 342 g/mol. The van der Waals surface area contributed by atoms with Gasteiger partial charge < -0.3 is 4.74 Å². The molecule has 2 aromatic carbocycles. The lowest BCUT2D eigenvalue weighted by Crippen LogP contribution is -2.00. The van der Waals surface area contributed by atoms with Gasteiger partial charge in [0.25, 0.3) is 0 Å². The van der Waals surface area contributed by atoms with Crippen LogP contribution in [0.4, 0.5) is 4.39 Å². The van der Waals surface area contributed by atoms with E-state index in [2.05, 4.69) is 15.9 Å². The average molecular weight is 344 g/mol. The van der Waals surface area contributed by atoms with Crippen molar-refractivity contribution in [1.29, 1.82) is 0 Å². The first-order valence-corrected chi connectivity index (χ1v) is 7.06. The molecule has 0 spiro atoms. The van der Waals surface area contributed by atoms with Gasteiger partial charge in [-0.25, -0.2) is 4.39 Å². The normalized spacial score (nSPS) is 12.3. The summed E-state index contributed by atoms with van der Waals surface area (Å²) in [6.45, 7) is 1.98. The van der Waals surface area contributed by atoms with Gasteiger partial charge in [0.1, 0.15) is 11.6 Å². The first kappa shape index (κ1) is 14.4. The summed E-state index contributed by atoms with van der Waals surface area (Å²) in [5.41, 5.74) is 2.46. The molecule has 4 heteroatoms. The first-order chi connectivity index (χ1) is 9.02. The topological polar surface area (TPSA) is 9.23 Å². The quantitative estimate of drug-likeness (QED) is 0.689. The molecule has 0 amide bonds. The van der Waals surface area contributed by atoms with Crippen LogP contribution in [0, 0.1) is 12.7 Å². The lowest BCUT2D eigenvalue weighted by atomic mass is 10.0. The summed E-state index contributed by atoms with van der Waals surface area (Å²) in [5, 5.41) is 0.507. The van der Waals surface area contributed by atoms with Crippen LogP contribution in [0.15, 0.2) is 36.4 Å². The number of rotatable bonds is 3. The number of ether oxygens (including phenoxy) is 1. The predicted octanol–water partition coefficient (Wildman–Crippen LogP) is 5.28. The average Bonchev–Trinajstić information content (AvgIpc) is 2.40. The van der Waals surface area contributed by atoms with Crippen molar-refractivity contribution in [2.45, 2.75) is 11.8 Å². The maximum Gasteiger partial charge on any atom is 0.127 e.